The van der Waals surface area contributed by atoms with E-state index in [1.54, 1.807) is 6.20 Å². The Balaban J connectivity index is 1.70. The minimum atomic E-state index is -0.0151. The Bertz CT molecular complexity index is 713. The summed E-state index contributed by atoms with van der Waals surface area (Å²) < 4.78 is 5.62. The molecular formula is C17H19N3O2. The zero-order valence-corrected chi connectivity index (χ0v) is 12.8. The van der Waals surface area contributed by atoms with Crippen LogP contribution in [0.5, 0.6) is 5.75 Å². The number of aromatic nitrogens is 2. The highest BCUT2D eigenvalue weighted by Crippen LogP contribution is 2.25. The van der Waals surface area contributed by atoms with Crippen LogP contribution in [0.25, 0.3) is 0 Å². The van der Waals surface area contributed by atoms with Gasteiger partial charge in [-0.1, -0.05) is 12.1 Å². The molecule has 1 aliphatic rings. The molecule has 22 heavy (non-hydrogen) atoms. The van der Waals surface area contributed by atoms with Gasteiger partial charge in [0.25, 0.3) is 0 Å². The van der Waals surface area contributed by atoms with Crippen molar-refractivity contribution in [2.24, 2.45) is 0 Å². The summed E-state index contributed by atoms with van der Waals surface area (Å²) >= 11 is 0. The molecule has 0 atom stereocenters. The third-order valence-corrected chi connectivity index (χ3v) is 3.78. The number of rotatable bonds is 4. The predicted molar refractivity (Wildman–Crippen MR) is 84.4 cm³/mol. The van der Waals surface area contributed by atoms with Gasteiger partial charge in [-0.05, 0) is 43.9 Å². The highest BCUT2D eigenvalue weighted by atomic mass is 16.5. The second-order valence-corrected chi connectivity index (χ2v) is 5.50. The van der Waals surface area contributed by atoms with Crippen molar-refractivity contribution < 1.29 is 9.53 Å². The molecule has 5 nitrogen and oxygen atoms in total. The van der Waals surface area contributed by atoms with Crippen LogP contribution in [0.4, 0.5) is 5.95 Å². The molecule has 0 aliphatic carbocycles. The first kappa shape index (κ1) is 14.5. The lowest BCUT2D eigenvalue weighted by Crippen LogP contribution is -2.10. The molecule has 0 saturated carbocycles. The zero-order valence-electron chi connectivity index (χ0n) is 12.8. The van der Waals surface area contributed by atoms with Gasteiger partial charge in [-0.25, -0.2) is 9.97 Å². The lowest BCUT2D eigenvalue weighted by Gasteiger charge is -2.18. The molecule has 0 radical (unpaired) electrons. The first-order valence-corrected chi connectivity index (χ1v) is 7.46. The number of anilines is 1. The third-order valence-electron chi connectivity index (χ3n) is 3.78. The van der Waals surface area contributed by atoms with Gasteiger partial charge in [0, 0.05) is 12.7 Å². The summed E-state index contributed by atoms with van der Waals surface area (Å²) in [5, 5.41) is 3.20. The molecule has 1 N–H and O–H groups in total. The fourth-order valence-corrected chi connectivity index (χ4v) is 2.60. The summed E-state index contributed by atoms with van der Waals surface area (Å²) in [5.41, 5.74) is 3.69. The van der Waals surface area contributed by atoms with Gasteiger partial charge in [0.1, 0.15) is 5.75 Å². The van der Waals surface area contributed by atoms with Crippen LogP contribution in [0.1, 0.15) is 40.5 Å². The molecule has 114 valence electrons. The lowest BCUT2D eigenvalue weighted by atomic mass is 10.0. The van der Waals surface area contributed by atoms with Crippen molar-refractivity contribution in [2.75, 3.05) is 11.9 Å². The highest BCUT2D eigenvalue weighted by molar-refractivity contribution is 5.94. The number of aryl methyl sites for hydroxylation is 2. The molecule has 0 fully saturated rings. The van der Waals surface area contributed by atoms with Crippen molar-refractivity contribution >= 4 is 11.7 Å². The van der Waals surface area contributed by atoms with E-state index in [0.29, 0.717) is 23.8 Å². The molecule has 0 amide bonds. The highest BCUT2D eigenvalue weighted by Gasteiger charge is 2.11. The van der Waals surface area contributed by atoms with Gasteiger partial charge in [0.15, 0.2) is 5.78 Å². The SMILES string of the molecule is CC(=O)c1cnc(NCc2ccc3c(c2)CCCO3)nc1C. The van der Waals surface area contributed by atoms with E-state index in [1.165, 1.54) is 18.1 Å². The fraction of sp³-hybridized carbons (Fsp3) is 0.353. The minimum absolute atomic E-state index is 0.0151. The van der Waals surface area contributed by atoms with E-state index in [1.807, 2.05) is 19.1 Å². The number of ether oxygens (including phenoxy) is 1. The molecular weight excluding hydrogens is 278 g/mol. The van der Waals surface area contributed by atoms with Crippen molar-refractivity contribution in [3.63, 3.8) is 0 Å². The Morgan fingerprint density at radius 1 is 1.41 bits per heavy atom. The fourth-order valence-electron chi connectivity index (χ4n) is 2.60. The van der Waals surface area contributed by atoms with Crippen molar-refractivity contribution in [2.45, 2.75) is 33.2 Å². The van der Waals surface area contributed by atoms with E-state index in [0.717, 1.165) is 25.2 Å². The summed E-state index contributed by atoms with van der Waals surface area (Å²) in [6.45, 7) is 4.79. The molecule has 3 rings (SSSR count). The van der Waals surface area contributed by atoms with Crippen LogP contribution < -0.4 is 10.1 Å². The summed E-state index contributed by atoms with van der Waals surface area (Å²) in [4.78, 5) is 19.9. The van der Waals surface area contributed by atoms with Crippen LogP contribution in [-0.4, -0.2) is 22.4 Å². The average molecular weight is 297 g/mol. The van der Waals surface area contributed by atoms with Gasteiger partial charge < -0.3 is 10.1 Å². The Morgan fingerprint density at radius 2 is 2.27 bits per heavy atom. The maximum atomic E-state index is 11.4. The van der Waals surface area contributed by atoms with Crippen molar-refractivity contribution in [3.8, 4) is 5.75 Å². The second kappa shape index (κ2) is 6.13. The number of carbonyl (C=O) groups excluding carboxylic acids is 1. The Labute approximate surface area is 129 Å². The van der Waals surface area contributed by atoms with E-state index in [-0.39, 0.29) is 5.78 Å². The number of benzene rings is 1. The maximum absolute atomic E-state index is 11.4. The number of nitrogens with one attached hydrogen (secondary N) is 1. The standard InChI is InChI=1S/C17H19N3O2/c1-11-15(12(2)21)10-19-17(20-11)18-9-13-5-6-16-14(8-13)4-3-7-22-16/h5-6,8,10H,3-4,7,9H2,1-2H3,(H,18,19,20). The van der Waals surface area contributed by atoms with Gasteiger partial charge >= 0.3 is 0 Å². The van der Waals surface area contributed by atoms with Crippen LogP contribution >= 0.6 is 0 Å². The van der Waals surface area contributed by atoms with E-state index in [2.05, 4.69) is 21.4 Å². The Morgan fingerprint density at radius 3 is 3.05 bits per heavy atom. The van der Waals surface area contributed by atoms with Gasteiger partial charge in [-0.15, -0.1) is 0 Å². The molecule has 1 aliphatic heterocycles. The van der Waals surface area contributed by atoms with E-state index in [9.17, 15) is 4.79 Å². The van der Waals surface area contributed by atoms with Gasteiger partial charge in [0.05, 0.1) is 17.9 Å². The molecule has 0 unspecified atom stereocenters. The second-order valence-electron chi connectivity index (χ2n) is 5.50. The third kappa shape index (κ3) is 3.08. The van der Waals surface area contributed by atoms with Crippen LogP contribution in [0.2, 0.25) is 0 Å². The molecule has 2 heterocycles. The first-order valence-electron chi connectivity index (χ1n) is 7.46. The minimum Gasteiger partial charge on any atom is -0.493 e. The number of carbonyl (C=O) groups is 1. The van der Waals surface area contributed by atoms with Crippen molar-refractivity contribution in [1.82, 2.24) is 9.97 Å². The zero-order chi connectivity index (χ0) is 15.5. The number of nitrogens with zero attached hydrogens (tertiary/aromatic N) is 2. The van der Waals surface area contributed by atoms with Crippen LogP contribution in [-0.2, 0) is 13.0 Å². The molecule has 1 aromatic carbocycles. The van der Waals surface area contributed by atoms with Crippen LogP contribution in [0.15, 0.2) is 24.4 Å². The Hall–Kier alpha value is -2.43. The Kier molecular flexibility index (Phi) is 4.04. The van der Waals surface area contributed by atoms with Gasteiger partial charge in [0.2, 0.25) is 5.95 Å². The number of hydrogen-bond acceptors (Lipinski definition) is 5. The molecule has 0 bridgehead atoms. The van der Waals surface area contributed by atoms with E-state index in [4.69, 9.17) is 4.74 Å². The number of ketones is 1. The summed E-state index contributed by atoms with van der Waals surface area (Å²) in [6, 6.07) is 6.24. The lowest BCUT2D eigenvalue weighted by molar-refractivity contribution is 0.101. The van der Waals surface area contributed by atoms with Gasteiger partial charge in [-0.2, -0.15) is 0 Å². The first-order chi connectivity index (χ1) is 10.6. The summed E-state index contributed by atoms with van der Waals surface area (Å²) in [7, 11) is 0. The topological polar surface area (TPSA) is 64.1 Å². The van der Waals surface area contributed by atoms with E-state index >= 15 is 0 Å². The molecule has 0 spiro atoms. The maximum Gasteiger partial charge on any atom is 0.223 e. The summed E-state index contributed by atoms with van der Waals surface area (Å²) in [6.07, 6.45) is 3.71. The van der Waals surface area contributed by atoms with Crippen LogP contribution in [0.3, 0.4) is 0 Å². The number of hydrogen-bond donors (Lipinski definition) is 1. The number of fused-ring (bicyclic) bond motifs is 1. The largest absolute Gasteiger partial charge is 0.493 e. The monoisotopic (exact) mass is 297 g/mol. The summed E-state index contributed by atoms with van der Waals surface area (Å²) in [5.74, 6) is 1.52. The van der Waals surface area contributed by atoms with Gasteiger partial charge in [-0.3, -0.25) is 4.79 Å². The molecule has 1 aromatic heterocycles. The smallest absolute Gasteiger partial charge is 0.223 e. The number of Topliss-reactive ketones (excluding diaryl/α,β-unsaturated/α-hetero) is 1. The van der Waals surface area contributed by atoms with E-state index < -0.39 is 0 Å². The van der Waals surface area contributed by atoms with Crippen molar-refractivity contribution in [3.05, 3.63) is 46.8 Å². The quantitative estimate of drug-likeness (QED) is 0.879. The van der Waals surface area contributed by atoms with Crippen LogP contribution in [0, 0.1) is 6.92 Å². The molecule has 5 heteroatoms. The normalized spacial score (nSPS) is 13.2. The molecule has 2 aromatic rings. The average Bonchev–Trinajstić information content (AvgIpc) is 2.52. The predicted octanol–water partition coefficient (Wildman–Crippen LogP) is 2.92. The van der Waals surface area contributed by atoms with Crippen molar-refractivity contribution in [1.29, 1.82) is 0 Å². The molecule has 0 saturated heterocycles.